The Kier molecular flexibility index (Phi) is 4.37. The molecule has 9 heteroatoms. The number of carbonyl (C=O) groups excluding carboxylic acids is 1. The lowest BCUT2D eigenvalue weighted by Gasteiger charge is -2.34. The molecule has 5 rings (SSSR count). The topological polar surface area (TPSA) is 75.3 Å². The molecule has 1 N–H and O–H groups in total. The second kappa shape index (κ2) is 6.96. The maximum absolute atomic E-state index is 14.0. The lowest BCUT2D eigenvalue weighted by Crippen LogP contribution is -2.37. The molecule has 0 unspecified atom stereocenters. The van der Waals surface area contributed by atoms with Crippen molar-refractivity contribution < 1.29 is 18.3 Å². The highest BCUT2D eigenvalue weighted by molar-refractivity contribution is 7.16. The van der Waals surface area contributed by atoms with Crippen molar-refractivity contribution in [1.29, 1.82) is 0 Å². The van der Waals surface area contributed by atoms with Crippen molar-refractivity contribution in [3.63, 3.8) is 0 Å². The van der Waals surface area contributed by atoms with Crippen molar-refractivity contribution in [1.82, 2.24) is 14.9 Å². The number of hydrogen-bond donors (Lipinski definition) is 1. The number of carbonyl (C=O) groups is 1. The van der Waals surface area contributed by atoms with Crippen LogP contribution in [-0.2, 0) is 11.3 Å². The number of H-pyrrole nitrogens is 1. The first-order valence-electron chi connectivity index (χ1n) is 9.16. The van der Waals surface area contributed by atoms with Gasteiger partial charge in [0.2, 0.25) is 0 Å². The van der Waals surface area contributed by atoms with Gasteiger partial charge in [0.15, 0.2) is 11.6 Å². The van der Waals surface area contributed by atoms with Gasteiger partial charge < -0.3 is 14.6 Å². The molecule has 0 radical (unpaired) electrons. The number of aromatic nitrogens is 2. The van der Waals surface area contributed by atoms with E-state index in [9.17, 15) is 18.4 Å². The Hall–Kier alpha value is -3.17. The summed E-state index contributed by atoms with van der Waals surface area (Å²) in [6.45, 7) is 0.281. The fourth-order valence-electron chi connectivity index (χ4n) is 3.88. The lowest BCUT2D eigenvalue weighted by atomic mass is 9.95. The average Bonchev–Trinajstić information content (AvgIpc) is 3.21. The number of pyridine rings is 1. The Morgan fingerprint density at radius 3 is 2.80 bits per heavy atom. The van der Waals surface area contributed by atoms with Gasteiger partial charge in [0.05, 0.1) is 40.4 Å². The normalized spacial score (nSPS) is 16.0. The number of ether oxygens (including phenoxy) is 1. The number of likely N-dealkylation sites (N-methyl/N-ethyl adjacent to an activating group) is 1. The monoisotopic (exact) mass is 427 g/mol. The Balaban J connectivity index is 1.62. The fraction of sp³-hybridized carbons (Fsp3) is 0.190. The minimum Gasteiger partial charge on any atom is -0.373 e. The van der Waals surface area contributed by atoms with E-state index in [1.165, 1.54) is 16.2 Å². The van der Waals surface area contributed by atoms with Gasteiger partial charge in [-0.2, -0.15) is 0 Å². The van der Waals surface area contributed by atoms with Crippen molar-refractivity contribution >= 4 is 38.2 Å². The van der Waals surface area contributed by atoms with Crippen LogP contribution in [0.3, 0.4) is 0 Å². The highest BCUT2D eigenvalue weighted by Crippen LogP contribution is 2.34. The van der Waals surface area contributed by atoms with Crippen molar-refractivity contribution in [3.8, 4) is 0 Å². The Labute approximate surface area is 172 Å². The van der Waals surface area contributed by atoms with Gasteiger partial charge in [-0.3, -0.25) is 9.59 Å². The summed E-state index contributed by atoms with van der Waals surface area (Å²) in [6.07, 6.45) is 0. The van der Waals surface area contributed by atoms with E-state index in [-0.39, 0.29) is 29.9 Å². The van der Waals surface area contributed by atoms with Crippen molar-refractivity contribution in [3.05, 3.63) is 74.7 Å². The number of fused-ring (bicyclic) bond motifs is 4. The minimum atomic E-state index is -1.10. The van der Waals surface area contributed by atoms with E-state index in [1.54, 1.807) is 30.8 Å². The fourth-order valence-corrected chi connectivity index (χ4v) is 4.60. The van der Waals surface area contributed by atoms with Gasteiger partial charge in [-0.1, -0.05) is 0 Å². The number of nitrogens with one attached hydrogen (secondary N) is 1. The van der Waals surface area contributed by atoms with Crippen LogP contribution in [0.4, 0.5) is 8.78 Å². The summed E-state index contributed by atoms with van der Waals surface area (Å²) in [7, 11) is 1.62. The maximum Gasteiger partial charge on any atom is 0.256 e. The van der Waals surface area contributed by atoms with E-state index < -0.39 is 23.2 Å². The molecule has 4 aromatic rings. The van der Waals surface area contributed by atoms with Gasteiger partial charge in [0.1, 0.15) is 0 Å². The summed E-state index contributed by atoms with van der Waals surface area (Å²) in [6, 6.07) is 6.57. The molecule has 152 valence electrons. The summed E-state index contributed by atoms with van der Waals surface area (Å²) in [5.41, 5.74) is 3.48. The van der Waals surface area contributed by atoms with Gasteiger partial charge in [0, 0.05) is 23.9 Å². The molecular weight excluding hydrogens is 412 g/mol. The summed E-state index contributed by atoms with van der Waals surface area (Å²) < 4.78 is 34.2. The van der Waals surface area contributed by atoms with E-state index in [4.69, 9.17) is 4.74 Å². The lowest BCUT2D eigenvalue weighted by molar-refractivity contribution is 0.0336. The van der Waals surface area contributed by atoms with E-state index in [2.05, 4.69) is 9.97 Å². The van der Waals surface area contributed by atoms with E-state index in [1.807, 2.05) is 0 Å². The van der Waals surface area contributed by atoms with Gasteiger partial charge in [-0.05, 0) is 35.7 Å². The van der Waals surface area contributed by atoms with Crippen LogP contribution < -0.4 is 5.56 Å². The van der Waals surface area contributed by atoms with Crippen LogP contribution in [0.15, 0.2) is 40.6 Å². The molecule has 6 nitrogen and oxygen atoms in total. The minimum absolute atomic E-state index is 0.0338. The van der Waals surface area contributed by atoms with Crippen LogP contribution in [0.2, 0.25) is 0 Å². The van der Waals surface area contributed by atoms with Gasteiger partial charge in [0.25, 0.3) is 11.5 Å². The molecule has 0 spiro atoms. The molecule has 2 aromatic heterocycles. The van der Waals surface area contributed by atoms with Gasteiger partial charge in [-0.25, -0.2) is 13.8 Å². The molecular formula is C21H15F2N3O3S. The largest absolute Gasteiger partial charge is 0.373 e. The predicted octanol–water partition coefficient (Wildman–Crippen LogP) is 3.76. The van der Waals surface area contributed by atoms with Crippen LogP contribution in [0, 0.1) is 11.6 Å². The Bertz CT molecular complexity index is 1380. The van der Waals surface area contributed by atoms with Crippen molar-refractivity contribution in [2.24, 2.45) is 0 Å². The standard InChI is InChI=1S/C21H15F2N3O3S/c1-26(21(28)10-2-3-15-18(4-10)30-9-24-15)17-8-29-7-16-19(17)11-5-13(22)14(23)6-12(11)20(27)25-16/h2-6,9,17H,7-8H2,1H3,(H,25,27)/t17-/m1/s1. The molecule has 1 aliphatic heterocycles. The molecule has 0 saturated heterocycles. The van der Waals surface area contributed by atoms with Crippen molar-refractivity contribution in [2.45, 2.75) is 12.6 Å². The number of hydrogen-bond acceptors (Lipinski definition) is 5. The average molecular weight is 427 g/mol. The summed E-state index contributed by atoms with van der Waals surface area (Å²) >= 11 is 1.44. The molecule has 0 saturated carbocycles. The molecule has 0 aliphatic carbocycles. The number of thiazole rings is 1. The summed E-state index contributed by atoms with van der Waals surface area (Å²) in [5.74, 6) is -2.40. The highest BCUT2D eigenvalue weighted by Gasteiger charge is 2.31. The zero-order chi connectivity index (χ0) is 21.0. The van der Waals surface area contributed by atoms with Crippen molar-refractivity contribution in [2.75, 3.05) is 13.7 Å². The summed E-state index contributed by atoms with van der Waals surface area (Å²) in [5, 5.41) is 0.310. The smallest absolute Gasteiger partial charge is 0.256 e. The number of halogens is 2. The number of nitrogens with zero attached hydrogens (tertiary/aromatic N) is 2. The summed E-state index contributed by atoms with van der Waals surface area (Å²) in [4.78, 5) is 34.0. The van der Waals surface area contributed by atoms with E-state index >= 15 is 0 Å². The first kappa shape index (κ1) is 18.8. The highest BCUT2D eigenvalue weighted by atomic mass is 32.1. The first-order chi connectivity index (χ1) is 14.4. The quantitative estimate of drug-likeness (QED) is 0.529. The molecule has 3 heterocycles. The van der Waals surface area contributed by atoms with Gasteiger partial charge >= 0.3 is 0 Å². The first-order valence-corrected chi connectivity index (χ1v) is 10.0. The van der Waals surface area contributed by atoms with E-state index in [0.717, 1.165) is 22.3 Å². The molecule has 1 amide bonds. The number of benzene rings is 2. The van der Waals surface area contributed by atoms with Crippen LogP contribution >= 0.6 is 11.3 Å². The molecule has 30 heavy (non-hydrogen) atoms. The van der Waals surface area contributed by atoms with E-state index in [0.29, 0.717) is 16.8 Å². The molecule has 0 bridgehead atoms. The number of aromatic amines is 1. The second-order valence-electron chi connectivity index (χ2n) is 7.14. The zero-order valence-electron chi connectivity index (χ0n) is 15.7. The molecule has 0 fully saturated rings. The third-order valence-corrected chi connectivity index (χ3v) is 6.20. The molecule has 1 aliphatic rings. The SMILES string of the molecule is CN(C(=O)c1ccc2ncsc2c1)[C@@H]1COCc2[nH]c(=O)c3cc(F)c(F)cc3c21. The van der Waals surface area contributed by atoms with Crippen LogP contribution in [-0.4, -0.2) is 34.4 Å². The van der Waals surface area contributed by atoms with Crippen LogP contribution in [0.1, 0.15) is 27.7 Å². The molecule has 1 atom stereocenters. The zero-order valence-corrected chi connectivity index (χ0v) is 16.6. The van der Waals surface area contributed by atoms with Gasteiger partial charge in [-0.15, -0.1) is 11.3 Å². The number of amides is 1. The molecule has 2 aromatic carbocycles. The third-order valence-electron chi connectivity index (χ3n) is 5.41. The predicted molar refractivity (Wildman–Crippen MR) is 109 cm³/mol. The Morgan fingerprint density at radius 1 is 1.23 bits per heavy atom. The van der Waals surface area contributed by atoms with Crippen LogP contribution in [0.25, 0.3) is 21.0 Å². The number of rotatable bonds is 2. The maximum atomic E-state index is 14.0. The Morgan fingerprint density at radius 2 is 2.00 bits per heavy atom. The van der Waals surface area contributed by atoms with Crippen LogP contribution in [0.5, 0.6) is 0 Å². The second-order valence-corrected chi connectivity index (χ2v) is 8.03. The third kappa shape index (κ3) is 2.89.